The molecule has 0 saturated carbocycles. The van der Waals surface area contributed by atoms with E-state index in [0.717, 1.165) is 19.0 Å². The fraction of sp³-hybridized carbons (Fsp3) is 0.320. The second kappa shape index (κ2) is 12.7. The Bertz CT molecular complexity index is 1510. The van der Waals surface area contributed by atoms with Gasteiger partial charge in [-0.15, -0.1) is 0 Å². The van der Waals surface area contributed by atoms with Crippen molar-refractivity contribution in [3.8, 4) is 0 Å². The third kappa shape index (κ3) is 8.07. The molecule has 1 saturated heterocycles. The molecule has 222 valence electrons. The molecular formula is C25H25F6N5O4S. The Morgan fingerprint density at radius 2 is 1.80 bits per heavy atom. The number of halogens is 6. The lowest BCUT2D eigenvalue weighted by Crippen LogP contribution is -2.35. The highest BCUT2D eigenvalue weighted by Crippen LogP contribution is 2.29. The number of rotatable bonds is 7. The molecule has 9 nitrogen and oxygen atoms in total. The summed E-state index contributed by atoms with van der Waals surface area (Å²) in [6.07, 6.45) is -3.00. The molecule has 2 aromatic heterocycles. The van der Waals surface area contributed by atoms with Gasteiger partial charge in [0.1, 0.15) is 11.6 Å². The van der Waals surface area contributed by atoms with Crippen molar-refractivity contribution in [2.45, 2.75) is 37.1 Å². The highest BCUT2D eigenvalue weighted by Gasteiger charge is 2.38. The summed E-state index contributed by atoms with van der Waals surface area (Å²) in [6, 6.07) is 10.2. The fourth-order valence-corrected chi connectivity index (χ4v) is 5.14. The number of anilines is 2. The first-order valence-electron chi connectivity index (χ1n) is 11.9. The minimum atomic E-state index is -5.08. The first-order chi connectivity index (χ1) is 19.1. The van der Waals surface area contributed by atoms with Crippen LogP contribution in [0.4, 0.5) is 37.8 Å². The molecule has 1 fully saturated rings. The van der Waals surface area contributed by atoms with Crippen LogP contribution in [0, 0.1) is 24.5 Å². The Morgan fingerprint density at radius 3 is 2.41 bits per heavy atom. The average Bonchev–Trinajstić information content (AvgIpc) is 3.34. The van der Waals surface area contributed by atoms with Gasteiger partial charge in [0, 0.05) is 43.9 Å². The van der Waals surface area contributed by atoms with E-state index in [2.05, 4.69) is 14.9 Å². The Morgan fingerprint density at radius 1 is 1.15 bits per heavy atom. The van der Waals surface area contributed by atoms with Crippen molar-refractivity contribution in [3.63, 3.8) is 0 Å². The first-order valence-corrected chi connectivity index (χ1v) is 13.4. The molecule has 0 radical (unpaired) electrons. The fourth-order valence-electron chi connectivity index (χ4n) is 4.08. The van der Waals surface area contributed by atoms with Gasteiger partial charge in [-0.1, -0.05) is 24.3 Å². The molecule has 0 spiro atoms. The van der Waals surface area contributed by atoms with Crippen LogP contribution in [0.25, 0.3) is 0 Å². The van der Waals surface area contributed by atoms with Crippen LogP contribution in [0.5, 0.6) is 0 Å². The molecule has 1 aromatic carbocycles. The number of hydrogen-bond acceptors (Lipinski definition) is 7. The number of benzene rings is 1. The van der Waals surface area contributed by atoms with Crippen LogP contribution in [0.2, 0.25) is 0 Å². The van der Waals surface area contributed by atoms with Crippen molar-refractivity contribution in [1.29, 1.82) is 0 Å². The summed E-state index contributed by atoms with van der Waals surface area (Å²) in [7, 11) is -2.62. The minimum absolute atomic E-state index is 0.0174. The van der Waals surface area contributed by atoms with Crippen LogP contribution in [0.3, 0.4) is 0 Å². The predicted octanol–water partition coefficient (Wildman–Crippen LogP) is 4.35. The number of hydrogen-bond donors (Lipinski definition) is 2. The van der Waals surface area contributed by atoms with E-state index < -0.39 is 39.0 Å². The van der Waals surface area contributed by atoms with Crippen molar-refractivity contribution in [2.75, 3.05) is 29.8 Å². The summed E-state index contributed by atoms with van der Waals surface area (Å²) in [6.45, 7) is 3.34. The third-order valence-electron chi connectivity index (χ3n) is 6.18. The number of carboxylic acid groups (broad SMARTS) is 1. The second-order valence-electron chi connectivity index (χ2n) is 9.02. The molecule has 0 unspecified atom stereocenters. The number of pyridine rings is 2. The van der Waals surface area contributed by atoms with Gasteiger partial charge in [0.25, 0.3) is 10.0 Å². The van der Waals surface area contributed by atoms with Crippen molar-refractivity contribution in [3.05, 3.63) is 77.4 Å². The van der Waals surface area contributed by atoms with Gasteiger partial charge in [0.15, 0.2) is 5.82 Å². The van der Waals surface area contributed by atoms with Crippen LogP contribution >= 0.6 is 0 Å². The maximum atomic E-state index is 15.1. The van der Waals surface area contributed by atoms with Crippen molar-refractivity contribution < 1.29 is 44.7 Å². The number of carboxylic acids is 1. The van der Waals surface area contributed by atoms with E-state index in [-0.39, 0.29) is 23.2 Å². The Balaban J connectivity index is 0.000000587. The monoisotopic (exact) mass is 605 g/mol. The molecule has 1 atom stereocenters. The summed E-state index contributed by atoms with van der Waals surface area (Å²) < 4.78 is 101. The standard InChI is InChI=1S/C23H24F3N5O2S.C2HF3O2/c1-15-19(30(2)17-10-11-31(14-17)13-16-6-3-4-7-18(16)24)12-27-23(22(15)26)34(32,33)29-21-9-5-8-20(25)28-21;3-2(4,5)1(6)7/h3-9,12,17H,10-11,13-14H2,1-2H3,(H,28,29);(H,6,7)/t17-;/m0./s1. The first kappa shape index (κ1) is 31.6. The van der Waals surface area contributed by atoms with Gasteiger partial charge in [-0.05, 0) is 31.5 Å². The summed E-state index contributed by atoms with van der Waals surface area (Å²) in [5.74, 6) is -5.15. The van der Waals surface area contributed by atoms with Gasteiger partial charge >= 0.3 is 12.1 Å². The third-order valence-corrected chi connectivity index (χ3v) is 7.45. The zero-order valence-corrected chi connectivity index (χ0v) is 22.5. The summed E-state index contributed by atoms with van der Waals surface area (Å²) in [5, 5.41) is 6.33. The number of nitrogens with zero attached hydrogens (tertiary/aromatic N) is 4. The molecule has 1 aliphatic heterocycles. The smallest absolute Gasteiger partial charge is 0.475 e. The Hall–Kier alpha value is -3.92. The SMILES string of the molecule is Cc1c(N(C)[C@H]2CCN(Cc3ccccc3F)C2)cnc(S(=O)(=O)Nc2cccc(F)n2)c1F.O=C(O)C(F)(F)F. The van der Waals surface area contributed by atoms with Crippen LogP contribution in [-0.4, -0.2) is 66.7 Å². The van der Waals surface area contributed by atoms with Gasteiger partial charge < -0.3 is 10.0 Å². The molecule has 16 heteroatoms. The number of aliphatic carboxylic acids is 1. The molecule has 0 aliphatic carbocycles. The second-order valence-corrected chi connectivity index (χ2v) is 10.6. The highest BCUT2D eigenvalue weighted by atomic mass is 32.2. The number of likely N-dealkylation sites (tertiary alicyclic amines) is 1. The quantitative estimate of drug-likeness (QED) is 0.302. The topological polar surface area (TPSA) is 116 Å². The summed E-state index contributed by atoms with van der Waals surface area (Å²) >= 11 is 0. The Kier molecular flexibility index (Phi) is 9.81. The summed E-state index contributed by atoms with van der Waals surface area (Å²) in [5.41, 5.74) is 1.19. The van der Waals surface area contributed by atoms with E-state index in [4.69, 9.17) is 9.90 Å². The van der Waals surface area contributed by atoms with Gasteiger partial charge in [-0.2, -0.15) is 26.0 Å². The Labute approximate surface area is 231 Å². The van der Waals surface area contributed by atoms with Crippen LogP contribution < -0.4 is 9.62 Å². The molecule has 2 N–H and O–H groups in total. The maximum Gasteiger partial charge on any atom is 0.490 e. The van der Waals surface area contributed by atoms with Crippen LogP contribution in [-0.2, 0) is 21.4 Å². The number of sulfonamides is 1. The van der Waals surface area contributed by atoms with E-state index in [0.29, 0.717) is 24.3 Å². The van der Waals surface area contributed by atoms with Gasteiger partial charge in [-0.3, -0.25) is 9.62 Å². The number of nitrogens with one attached hydrogen (secondary N) is 1. The summed E-state index contributed by atoms with van der Waals surface area (Å²) in [4.78, 5) is 20.2. The largest absolute Gasteiger partial charge is 0.490 e. The van der Waals surface area contributed by atoms with Gasteiger partial charge in [0.05, 0.1) is 11.9 Å². The van der Waals surface area contributed by atoms with Crippen molar-refractivity contribution in [1.82, 2.24) is 14.9 Å². The molecule has 41 heavy (non-hydrogen) atoms. The van der Waals surface area contributed by atoms with Crippen molar-refractivity contribution >= 4 is 27.5 Å². The van der Waals surface area contributed by atoms with E-state index >= 15 is 4.39 Å². The average molecular weight is 606 g/mol. The lowest BCUT2D eigenvalue weighted by atomic mass is 10.1. The van der Waals surface area contributed by atoms with E-state index in [9.17, 15) is 30.4 Å². The van der Waals surface area contributed by atoms with E-state index in [1.807, 2.05) is 9.62 Å². The zero-order valence-electron chi connectivity index (χ0n) is 21.7. The van der Waals surface area contributed by atoms with Crippen molar-refractivity contribution in [2.24, 2.45) is 0 Å². The number of alkyl halides is 3. The highest BCUT2D eigenvalue weighted by molar-refractivity contribution is 7.92. The normalized spacial score (nSPS) is 15.7. The molecular weight excluding hydrogens is 580 g/mol. The lowest BCUT2D eigenvalue weighted by Gasteiger charge is -2.28. The van der Waals surface area contributed by atoms with Gasteiger partial charge in [0.2, 0.25) is 11.0 Å². The lowest BCUT2D eigenvalue weighted by molar-refractivity contribution is -0.192. The molecule has 4 rings (SSSR count). The number of aromatic nitrogens is 2. The molecule has 0 bridgehead atoms. The minimum Gasteiger partial charge on any atom is -0.475 e. The van der Waals surface area contributed by atoms with Gasteiger partial charge in [-0.25, -0.2) is 23.5 Å². The molecule has 3 heterocycles. The predicted molar refractivity (Wildman–Crippen MR) is 136 cm³/mol. The van der Waals surface area contributed by atoms with Crippen LogP contribution in [0.15, 0.2) is 53.7 Å². The maximum absolute atomic E-state index is 15.1. The zero-order chi connectivity index (χ0) is 30.5. The molecule has 0 amide bonds. The number of likely N-dealkylation sites (N-methyl/N-ethyl adjacent to an activating group) is 1. The van der Waals surface area contributed by atoms with Crippen LogP contribution in [0.1, 0.15) is 17.5 Å². The molecule has 3 aromatic rings. The van der Waals surface area contributed by atoms with E-state index in [1.54, 1.807) is 25.2 Å². The number of carbonyl (C=O) groups is 1. The molecule has 1 aliphatic rings. The van der Waals surface area contributed by atoms with E-state index in [1.165, 1.54) is 31.3 Å².